The Morgan fingerprint density at radius 2 is 2.12 bits per heavy atom. The fourth-order valence-corrected chi connectivity index (χ4v) is 4.69. The maximum absolute atomic E-state index is 13.6. The molecule has 1 aromatic heterocycles. The van der Waals surface area contributed by atoms with Crippen LogP contribution < -0.4 is 5.32 Å². The Kier molecular flexibility index (Phi) is 6.50. The third kappa shape index (κ3) is 4.85. The molecule has 9 heteroatoms. The summed E-state index contributed by atoms with van der Waals surface area (Å²) in [5.74, 6) is -0.895. The van der Waals surface area contributed by atoms with Gasteiger partial charge in [-0.1, -0.05) is 22.0 Å². The molecule has 5 nitrogen and oxygen atoms in total. The molecule has 2 rings (SSSR count). The van der Waals surface area contributed by atoms with Gasteiger partial charge in [0.1, 0.15) is 10.0 Å². The second kappa shape index (κ2) is 8.19. The first-order valence-corrected chi connectivity index (χ1v) is 10.2. The predicted octanol–water partition coefficient (Wildman–Crippen LogP) is 3.69. The van der Waals surface area contributed by atoms with Crippen LogP contribution in [-0.4, -0.2) is 32.2 Å². The van der Waals surface area contributed by atoms with Crippen LogP contribution in [0.5, 0.6) is 0 Å². The zero-order chi connectivity index (χ0) is 17.7. The third-order valence-electron chi connectivity index (χ3n) is 3.24. The minimum Gasteiger partial charge on any atom is -0.324 e. The van der Waals surface area contributed by atoms with E-state index in [-0.39, 0.29) is 28.8 Å². The zero-order valence-electron chi connectivity index (χ0n) is 12.8. The average molecular weight is 435 g/mol. The summed E-state index contributed by atoms with van der Waals surface area (Å²) in [6, 6.07) is 7.56. The standard InChI is InChI=1S/C15H16BrFN2O3S2/c1-19(24(21,22)15-5-3-9-23-15)8-2-4-14(20)18-13-7-6-11(16)10-12(13)17/h3,5-7,9-10H,2,4,8H2,1H3,(H,18,20). The maximum Gasteiger partial charge on any atom is 0.252 e. The number of carbonyl (C=O) groups is 1. The van der Waals surface area contributed by atoms with Crippen molar-refractivity contribution in [1.29, 1.82) is 0 Å². The van der Waals surface area contributed by atoms with Crippen LogP contribution in [0.15, 0.2) is 44.4 Å². The van der Waals surface area contributed by atoms with E-state index in [4.69, 9.17) is 0 Å². The highest BCUT2D eigenvalue weighted by Gasteiger charge is 2.21. The van der Waals surface area contributed by atoms with Gasteiger partial charge in [0.25, 0.3) is 10.0 Å². The highest BCUT2D eigenvalue weighted by atomic mass is 79.9. The second-order valence-corrected chi connectivity index (χ2v) is 9.17. The number of rotatable bonds is 7. The molecule has 0 unspecified atom stereocenters. The molecule has 0 aliphatic rings. The Hall–Kier alpha value is -1.29. The summed E-state index contributed by atoms with van der Waals surface area (Å²) in [5.41, 5.74) is 0.0998. The minimum atomic E-state index is -3.51. The average Bonchev–Trinajstić information content (AvgIpc) is 3.05. The topological polar surface area (TPSA) is 66.5 Å². The van der Waals surface area contributed by atoms with Crippen molar-refractivity contribution in [2.24, 2.45) is 0 Å². The molecule has 1 amide bonds. The summed E-state index contributed by atoms with van der Waals surface area (Å²) in [4.78, 5) is 11.9. The van der Waals surface area contributed by atoms with Gasteiger partial charge in [-0.2, -0.15) is 0 Å². The fraction of sp³-hybridized carbons (Fsp3) is 0.267. The van der Waals surface area contributed by atoms with Crippen molar-refractivity contribution in [2.75, 3.05) is 18.9 Å². The number of benzene rings is 1. The molecule has 0 saturated carbocycles. The van der Waals surface area contributed by atoms with Gasteiger partial charge < -0.3 is 5.32 Å². The van der Waals surface area contributed by atoms with Crippen molar-refractivity contribution in [2.45, 2.75) is 17.1 Å². The molecule has 130 valence electrons. The smallest absolute Gasteiger partial charge is 0.252 e. The Balaban J connectivity index is 1.84. The predicted molar refractivity (Wildman–Crippen MR) is 96.1 cm³/mol. The molecule has 1 aromatic carbocycles. The van der Waals surface area contributed by atoms with Crippen LogP contribution in [0, 0.1) is 5.82 Å². The Morgan fingerprint density at radius 3 is 2.75 bits per heavy atom. The first kappa shape index (κ1) is 19.0. The lowest BCUT2D eigenvalue weighted by Crippen LogP contribution is -2.28. The van der Waals surface area contributed by atoms with Gasteiger partial charge in [0.2, 0.25) is 5.91 Å². The molecule has 24 heavy (non-hydrogen) atoms. The number of amides is 1. The van der Waals surface area contributed by atoms with Crippen molar-refractivity contribution in [3.05, 3.63) is 46.0 Å². The number of thiophene rings is 1. The van der Waals surface area contributed by atoms with Gasteiger partial charge in [-0.15, -0.1) is 11.3 Å². The molecule has 1 heterocycles. The summed E-state index contributed by atoms with van der Waals surface area (Å²) in [6.45, 7) is 0.205. The molecule has 2 aromatic rings. The minimum absolute atomic E-state index is 0.0970. The van der Waals surface area contributed by atoms with Crippen LogP contribution in [0.25, 0.3) is 0 Å². The molecule has 0 aliphatic carbocycles. The number of sulfonamides is 1. The van der Waals surface area contributed by atoms with Gasteiger partial charge in [0, 0.05) is 24.5 Å². The van der Waals surface area contributed by atoms with E-state index in [0.717, 1.165) is 11.3 Å². The molecule has 0 spiro atoms. The maximum atomic E-state index is 13.6. The lowest BCUT2D eigenvalue weighted by atomic mass is 10.2. The molecule has 1 N–H and O–H groups in total. The van der Waals surface area contributed by atoms with Crippen molar-refractivity contribution >= 4 is 48.9 Å². The van der Waals surface area contributed by atoms with Crippen molar-refractivity contribution < 1.29 is 17.6 Å². The number of nitrogens with one attached hydrogen (secondary N) is 1. The van der Waals surface area contributed by atoms with Gasteiger partial charge in [-0.05, 0) is 36.1 Å². The lowest BCUT2D eigenvalue weighted by Gasteiger charge is -2.15. The number of nitrogens with zero attached hydrogens (tertiary/aromatic N) is 1. The van der Waals surface area contributed by atoms with E-state index >= 15 is 0 Å². The normalized spacial score (nSPS) is 11.7. The van der Waals surface area contributed by atoms with Crippen LogP contribution in [0.4, 0.5) is 10.1 Å². The van der Waals surface area contributed by atoms with Gasteiger partial charge in [0.15, 0.2) is 0 Å². The molecular weight excluding hydrogens is 419 g/mol. The molecule has 0 saturated heterocycles. The van der Waals surface area contributed by atoms with Crippen LogP contribution in [0.1, 0.15) is 12.8 Å². The number of hydrogen-bond acceptors (Lipinski definition) is 4. The lowest BCUT2D eigenvalue weighted by molar-refractivity contribution is -0.116. The van der Waals surface area contributed by atoms with Crippen LogP contribution >= 0.6 is 27.3 Å². The van der Waals surface area contributed by atoms with E-state index in [2.05, 4.69) is 21.2 Å². The summed E-state index contributed by atoms with van der Waals surface area (Å²) in [6.07, 6.45) is 0.435. The number of hydrogen-bond donors (Lipinski definition) is 1. The van der Waals surface area contributed by atoms with Crippen LogP contribution in [-0.2, 0) is 14.8 Å². The van der Waals surface area contributed by atoms with Crippen molar-refractivity contribution in [3.63, 3.8) is 0 Å². The van der Waals surface area contributed by atoms with E-state index in [1.54, 1.807) is 23.6 Å². The van der Waals surface area contributed by atoms with E-state index in [9.17, 15) is 17.6 Å². The quantitative estimate of drug-likeness (QED) is 0.722. The molecule has 0 atom stereocenters. The SMILES string of the molecule is CN(CCCC(=O)Nc1ccc(Br)cc1F)S(=O)(=O)c1cccs1. The highest BCUT2D eigenvalue weighted by molar-refractivity contribution is 9.10. The van der Waals surface area contributed by atoms with Crippen LogP contribution in [0.3, 0.4) is 0 Å². The number of anilines is 1. The molecular formula is C15H16BrFN2O3S2. The summed E-state index contributed by atoms with van der Waals surface area (Å²) in [7, 11) is -2.04. The first-order valence-electron chi connectivity index (χ1n) is 7.05. The molecule has 0 bridgehead atoms. The van der Waals surface area contributed by atoms with E-state index in [1.807, 2.05) is 0 Å². The third-order valence-corrected chi connectivity index (χ3v) is 6.96. The largest absolute Gasteiger partial charge is 0.324 e. The fourth-order valence-electron chi connectivity index (χ4n) is 1.95. The van der Waals surface area contributed by atoms with E-state index in [1.165, 1.54) is 23.5 Å². The first-order chi connectivity index (χ1) is 11.3. The molecule has 0 radical (unpaired) electrons. The number of carbonyl (C=O) groups excluding carboxylic acids is 1. The van der Waals surface area contributed by atoms with Gasteiger partial charge >= 0.3 is 0 Å². The monoisotopic (exact) mass is 434 g/mol. The Morgan fingerprint density at radius 1 is 1.38 bits per heavy atom. The Labute approximate surface area is 152 Å². The van der Waals surface area contributed by atoms with E-state index < -0.39 is 15.8 Å². The highest BCUT2D eigenvalue weighted by Crippen LogP contribution is 2.21. The van der Waals surface area contributed by atoms with E-state index in [0.29, 0.717) is 10.9 Å². The van der Waals surface area contributed by atoms with Crippen molar-refractivity contribution in [3.8, 4) is 0 Å². The van der Waals surface area contributed by atoms with Crippen LogP contribution in [0.2, 0.25) is 0 Å². The van der Waals surface area contributed by atoms with Crippen molar-refractivity contribution in [1.82, 2.24) is 4.31 Å². The molecule has 0 aliphatic heterocycles. The van der Waals surface area contributed by atoms with Gasteiger partial charge in [-0.3, -0.25) is 4.79 Å². The van der Waals surface area contributed by atoms with Gasteiger partial charge in [0.05, 0.1) is 5.69 Å². The second-order valence-electron chi connectivity index (χ2n) is 5.03. The Bertz CT molecular complexity index is 810. The number of halogens is 2. The molecule has 0 fully saturated rings. The zero-order valence-corrected chi connectivity index (χ0v) is 16.0. The summed E-state index contributed by atoms with van der Waals surface area (Å²) >= 11 is 4.29. The van der Waals surface area contributed by atoms with Gasteiger partial charge in [-0.25, -0.2) is 17.1 Å². The summed E-state index contributed by atoms with van der Waals surface area (Å²) < 4.78 is 40.1. The summed E-state index contributed by atoms with van der Waals surface area (Å²) in [5, 5.41) is 4.17.